The van der Waals surface area contributed by atoms with Crippen molar-refractivity contribution in [3.05, 3.63) is 59.4 Å². The Kier molecular flexibility index (Phi) is 4.83. The first-order valence-corrected chi connectivity index (χ1v) is 8.47. The molecule has 4 nitrogen and oxygen atoms in total. The van der Waals surface area contributed by atoms with Crippen LogP contribution in [-0.4, -0.2) is 18.4 Å². The van der Waals surface area contributed by atoms with Gasteiger partial charge in [0.25, 0.3) is 5.91 Å². The van der Waals surface area contributed by atoms with Crippen molar-refractivity contribution >= 4 is 23.2 Å². The van der Waals surface area contributed by atoms with Gasteiger partial charge in [0.2, 0.25) is 5.91 Å². The van der Waals surface area contributed by atoms with Gasteiger partial charge in [-0.3, -0.25) is 9.59 Å². The van der Waals surface area contributed by atoms with Crippen LogP contribution in [0.25, 0.3) is 0 Å². The van der Waals surface area contributed by atoms with Crippen LogP contribution < -0.4 is 10.2 Å². The SMILES string of the molecule is CC(C)C(=O)N1CCCc2cc(NC(=O)c3cccc(F)c3)ccc21. The Morgan fingerprint density at radius 2 is 1.96 bits per heavy atom. The number of halogens is 1. The summed E-state index contributed by atoms with van der Waals surface area (Å²) >= 11 is 0. The van der Waals surface area contributed by atoms with Crippen molar-refractivity contribution in [2.24, 2.45) is 5.92 Å². The Bertz CT molecular complexity index is 817. The summed E-state index contributed by atoms with van der Waals surface area (Å²) in [5.41, 5.74) is 2.87. The Hall–Kier alpha value is -2.69. The monoisotopic (exact) mass is 340 g/mol. The molecule has 3 rings (SSSR count). The highest BCUT2D eigenvalue weighted by Gasteiger charge is 2.24. The lowest BCUT2D eigenvalue weighted by Crippen LogP contribution is -2.38. The van der Waals surface area contributed by atoms with Gasteiger partial charge in [0, 0.05) is 29.4 Å². The number of aryl methyl sites for hydroxylation is 1. The Balaban J connectivity index is 1.81. The topological polar surface area (TPSA) is 49.4 Å². The molecule has 5 heteroatoms. The fraction of sp³-hybridized carbons (Fsp3) is 0.300. The predicted molar refractivity (Wildman–Crippen MR) is 96.3 cm³/mol. The first-order valence-electron chi connectivity index (χ1n) is 8.47. The van der Waals surface area contributed by atoms with E-state index in [1.165, 1.54) is 18.2 Å². The molecule has 25 heavy (non-hydrogen) atoms. The molecule has 1 N–H and O–H groups in total. The molecule has 1 heterocycles. The molecule has 0 bridgehead atoms. The van der Waals surface area contributed by atoms with Gasteiger partial charge in [-0.2, -0.15) is 0 Å². The number of hydrogen-bond acceptors (Lipinski definition) is 2. The molecule has 2 aromatic carbocycles. The molecular formula is C20H21FN2O2. The van der Waals surface area contributed by atoms with E-state index in [-0.39, 0.29) is 23.3 Å². The molecule has 0 atom stereocenters. The molecule has 0 fully saturated rings. The van der Waals surface area contributed by atoms with Crippen LogP contribution >= 0.6 is 0 Å². The highest BCUT2D eigenvalue weighted by molar-refractivity contribution is 6.04. The molecule has 2 aromatic rings. The Morgan fingerprint density at radius 3 is 2.68 bits per heavy atom. The van der Waals surface area contributed by atoms with Crippen molar-refractivity contribution < 1.29 is 14.0 Å². The average molecular weight is 340 g/mol. The molecule has 0 radical (unpaired) electrons. The van der Waals surface area contributed by atoms with Crippen LogP contribution in [0.15, 0.2) is 42.5 Å². The fourth-order valence-corrected chi connectivity index (χ4v) is 3.05. The maximum absolute atomic E-state index is 13.3. The number of rotatable bonds is 3. The molecule has 0 saturated carbocycles. The van der Waals surface area contributed by atoms with Crippen molar-refractivity contribution in [1.29, 1.82) is 0 Å². The normalized spacial score (nSPS) is 13.5. The van der Waals surface area contributed by atoms with E-state index < -0.39 is 5.82 Å². The smallest absolute Gasteiger partial charge is 0.255 e. The van der Waals surface area contributed by atoms with Gasteiger partial charge in [-0.15, -0.1) is 0 Å². The minimum absolute atomic E-state index is 0.0571. The number of benzene rings is 2. The van der Waals surface area contributed by atoms with Gasteiger partial charge in [0.1, 0.15) is 5.82 Å². The number of carbonyl (C=O) groups is 2. The maximum Gasteiger partial charge on any atom is 0.255 e. The van der Waals surface area contributed by atoms with Crippen LogP contribution in [0.2, 0.25) is 0 Å². The van der Waals surface area contributed by atoms with Gasteiger partial charge in [0.15, 0.2) is 0 Å². The molecule has 0 spiro atoms. The molecule has 0 saturated heterocycles. The highest BCUT2D eigenvalue weighted by Crippen LogP contribution is 2.31. The van der Waals surface area contributed by atoms with Gasteiger partial charge >= 0.3 is 0 Å². The summed E-state index contributed by atoms with van der Waals surface area (Å²) in [4.78, 5) is 26.4. The van der Waals surface area contributed by atoms with E-state index in [0.29, 0.717) is 5.69 Å². The van der Waals surface area contributed by atoms with Crippen molar-refractivity contribution in [2.45, 2.75) is 26.7 Å². The lowest BCUT2D eigenvalue weighted by atomic mass is 9.99. The third-order valence-electron chi connectivity index (χ3n) is 4.30. The zero-order valence-electron chi connectivity index (χ0n) is 14.4. The van der Waals surface area contributed by atoms with E-state index in [9.17, 15) is 14.0 Å². The first-order chi connectivity index (χ1) is 12.0. The van der Waals surface area contributed by atoms with Crippen molar-refractivity contribution in [3.8, 4) is 0 Å². The van der Waals surface area contributed by atoms with Crippen LogP contribution in [0.4, 0.5) is 15.8 Å². The zero-order chi connectivity index (χ0) is 18.0. The average Bonchev–Trinajstić information content (AvgIpc) is 2.60. The summed E-state index contributed by atoms with van der Waals surface area (Å²) in [7, 11) is 0. The maximum atomic E-state index is 13.3. The summed E-state index contributed by atoms with van der Waals surface area (Å²) in [6.07, 6.45) is 1.76. The lowest BCUT2D eigenvalue weighted by molar-refractivity contribution is -0.121. The van der Waals surface area contributed by atoms with Gasteiger partial charge < -0.3 is 10.2 Å². The second kappa shape index (κ2) is 7.05. The molecule has 0 aliphatic carbocycles. The standard InChI is InChI=1S/C20H21FN2O2/c1-13(2)20(25)23-10-4-6-14-12-17(8-9-18(14)23)22-19(24)15-5-3-7-16(21)11-15/h3,5,7-9,11-13H,4,6,10H2,1-2H3,(H,22,24). The highest BCUT2D eigenvalue weighted by atomic mass is 19.1. The number of hydrogen-bond donors (Lipinski definition) is 1. The fourth-order valence-electron chi connectivity index (χ4n) is 3.05. The number of fused-ring (bicyclic) bond motifs is 1. The third-order valence-corrected chi connectivity index (χ3v) is 4.30. The van der Waals surface area contributed by atoms with Crippen LogP contribution in [0.5, 0.6) is 0 Å². The second-order valence-electron chi connectivity index (χ2n) is 6.56. The first kappa shape index (κ1) is 17.1. The summed E-state index contributed by atoms with van der Waals surface area (Å²) in [5.74, 6) is -0.748. The van der Waals surface area contributed by atoms with Gasteiger partial charge in [-0.25, -0.2) is 4.39 Å². The Morgan fingerprint density at radius 1 is 1.16 bits per heavy atom. The number of anilines is 2. The van der Waals surface area contributed by atoms with E-state index in [2.05, 4.69) is 5.32 Å². The Labute approximate surface area is 146 Å². The molecule has 130 valence electrons. The number of amides is 2. The van der Waals surface area contributed by atoms with E-state index >= 15 is 0 Å². The predicted octanol–water partition coefficient (Wildman–Crippen LogP) is 4.01. The molecule has 0 unspecified atom stereocenters. The number of nitrogens with one attached hydrogen (secondary N) is 1. The largest absolute Gasteiger partial charge is 0.322 e. The summed E-state index contributed by atoms with van der Waals surface area (Å²) in [5, 5.41) is 2.79. The minimum atomic E-state index is -0.444. The number of nitrogens with zero attached hydrogens (tertiary/aromatic N) is 1. The quantitative estimate of drug-likeness (QED) is 0.918. The summed E-state index contributed by atoms with van der Waals surface area (Å²) in [6.45, 7) is 4.51. The van der Waals surface area contributed by atoms with Crippen LogP contribution in [-0.2, 0) is 11.2 Å². The van der Waals surface area contributed by atoms with Gasteiger partial charge in [0.05, 0.1) is 0 Å². The second-order valence-corrected chi connectivity index (χ2v) is 6.56. The van der Waals surface area contributed by atoms with Crippen molar-refractivity contribution in [3.63, 3.8) is 0 Å². The van der Waals surface area contributed by atoms with Crippen LogP contribution in [0.3, 0.4) is 0 Å². The van der Waals surface area contributed by atoms with E-state index in [0.717, 1.165) is 30.6 Å². The third kappa shape index (κ3) is 3.71. The van der Waals surface area contributed by atoms with E-state index in [1.807, 2.05) is 30.9 Å². The van der Waals surface area contributed by atoms with Gasteiger partial charge in [-0.05, 0) is 54.8 Å². The van der Waals surface area contributed by atoms with Crippen LogP contribution in [0, 0.1) is 11.7 Å². The van der Waals surface area contributed by atoms with Crippen molar-refractivity contribution in [2.75, 3.05) is 16.8 Å². The lowest BCUT2D eigenvalue weighted by Gasteiger charge is -2.31. The molecular weight excluding hydrogens is 319 g/mol. The summed E-state index contributed by atoms with van der Waals surface area (Å²) < 4.78 is 13.3. The van der Waals surface area contributed by atoms with Crippen molar-refractivity contribution in [1.82, 2.24) is 0 Å². The van der Waals surface area contributed by atoms with Gasteiger partial charge in [-0.1, -0.05) is 19.9 Å². The minimum Gasteiger partial charge on any atom is -0.322 e. The number of carbonyl (C=O) groups excluding carboxylic acids is 2. The molecule has 1 aliphatic heterocycles. The van der Waals surface area contributed by atoms with E-state index in [4.69, 9.17) is 0 Å². The van der Waals surface area contributed by atoms with E-state index in [1.54, 1.807) is 12.1 Å². The molecule has 0 aromatic heterocycles. The summed E-state index contributed by atoms with van der Waals surface area (Å²) in [6, 6.07) is 11.1. The molecule has 1 aliphatic rings. The zero-order valence-corrected chi connectivity index (χ0v) is 14.4. The van der Waals surface area contributed by atoms with Crippen LogP contribution in [0.1, 0.15) is 36.2 Å². The molecule has 2 amide bonds.